The molecule has 0 N–H and O–H groups in total. The van der Waals surface area contributed by atoms with Crippen molar-refractivity contribution in [2.24, 2.45) is 0 Å². The molecule has 0 bridgehead atoms. The van der Waals surface area contributed by atoms with E-state index in [1.54, 1.807) is 0 Å². The van der Waals surface area contributed by atoms with Gasteiger partial charge >= 0.3 is 0 Å². The summed E-state index contributed by atoms with van der Waals surface area (Å²) >= 11 is 3.56. The van der Waals surface area contributed by atoms with E-state index in [0.717, 1.165) is 17.4 Å². The van der Waals surface area contributed by atoms with Crippen molar-refractivity contribution in [1.82, 2.24) is 0 Å². The molecule has 0 atom stereocenters. The van der Waals surface area contributed by atoms with Crippen LogP contribution in [0.5, 0.6) is 0 Å². The van der Waals surface area contributed by atoms with E-state index in [2.05, 4.69) is 89.3 Å². The zero-order valence-corrected chi connectivity index (χ0v) is 13.8. The van der Waals surface area contributed by atoms with Crippen molar-refractivity contribution in [1.29, 1.82) is 0 Å². The number of benzene rings is 2. The Balaban J connectivity index is 1.96. The summed E-state index contributed by atoms with van der Waals surface area (Å²) < 4.78 is 1.14. The average molecular weight is 332 g/mol. The van der Waals surface area contributed by atoms with Gasteiger partial charge in [0.05, 0.1) is 0 Å². The molecule has 0 aliphatic heterocycles. The molecule has 20 heavy (non-hydrogen) atoms. The maximum Gasteiger partial charge on any atom is 0.0379 e. The summed E-state index contributed by atoms with van der Waals surface area (Å²) in [7, 11) is 0. The molecule has 0 heterocycles. The van der Waals surface area contributed by atoms with E-state index in [0.29, 0.717) is 6.04 Å². The largest absolute Gasteiger partial charge is 0.369 e. The highest BCUT2D eigenvalue weighted by Gasteiger charge is 2.10. The molecule has 0 radical (unpaired) electrons. The van der Waals surface area contributed by atoms with Crippen molar-refractivity contribution in [3.8, 4) is 0 Å². The van der Waals surface area contributed by atoms with Gasteiger partial charge in [-0.1, -0.05) is 52.3 Å². The second-order valence-corrected chi connectivity index (χ2v) is 6.27. The third-order valence-corrected chi connectivity index (χ3v) is 3.96. The van der Waals surface area contributed by atoms with Crippen molar-refractivity contribution in [2.45, 2.75) is 32.7 Å². The molecule has 0 fully saturated rings. The Morgan fingerprint density at radius 1 is 1.00 bits per heavy atom. The minimum atomic E-state index is 0.514. The van der Waals surface area contributed by atoms with Gasteiger partial charge in [0, 0.05) is 22.7 Å². The van der Waals surface area contributed by atoms with Crippen molar-refractivity contribution in [2.75, 3.05) is 11.4 Å². The molecular weight excluding hydrogens is 310 g/mol. The summed E-state index contributed by atoms with van der Waals surface area (Å²) in [5.74, 6) is 0. The first-order valence-electron chi connectivity index (χ1n) is 7.23. The zero-order valence-electron chi connectivity index (χ0n) is 12.2. The van der Waals surface area contributed by atoms with E-state index in [4.69, 9.17) is 0 Å². The standard InChI is InChI=1S/C18H22BrN/c1-15(2)20(18-12-6-11-17(19)14-18)13-7-10-16-8-4-3-5-9-16/h3-6,8-9,11-12,14-15H,7,10,13H2,1-2H3. The molecule has 0 amide bonds. The Morgan fingerprint density at radius 2 is 1.75 bits per heavy atom. The molecule has 106 valence electrons. The van der Waals surface area contributed by atoms with Crippen molar-refractivity contribution in [3.63, 3.8) is 0 Å². The normalized spacial score (nSPS) is 10.8. The quantitative estimate of drug-likeness (QED) is 0.694. The van der Waals surface area contributed by atoms with Crippen molar-refractivity contribution >= 4 is 21.6 Å². The number of aryl methyl sites for hydroxylation is 1. The lowest BCUT2D eigenvalue weighted by atomic mass is 10.1. The van der Waals surface area contributed by atoms with Gasteiger partial charge in [-0.2, -0.15) is 0 Å². The van der Waals surface area contributed by atoms with Crippen LogP contribution in [0, 0.1) is 0 Å². The summed E-state index contributed by atoms with van der Waals surface area (Å²) in [6, 6.07) is 19.8. The Hall–Kier alpha value is -1.28. The summed E-state index contributed by atoms with van der Waals surface area (Å²) in [6.07, 6.45) is 2.31. The number of rotatable bonds is 6. The predicted molar refractivity (Wildman–Crippen MR) is 91.4 cm³/mol. The topological polar surface area (TPSA) is 3.24 Å². The van der Waals surface area contributed by atoms with Gasteiger partial charge in [0.1, 0.15) is 0 Å². The van der Waals surface area contributed by atoms with Crippen LogP contribution in [0.15, 0.2) is 59.1 Å². The van der Waals surface area contributed by atoms with E-state index >= 15 is 0 Å². The average Bonchev–Trinajstić information content (AvgIpc) is 2.44. The van der Waals surface area contributed by atoms with Gasteiger partial charge < -0.3 is 4.90 Å². The number of hydrogen-bond acceptors (Lipinski definition) is 1. The fourth-order valence-corrected chi connectivity index (χ4v) is 2.83. The van der Waals surface area contributed by atoms with E-state index in [1.165, 1.54) is 17.7 Å². The van der Waals surface area contributed by atoms with Crippen LogP contribution in [0.1, 0.15) is 25.8 Å². The van der Waals surface area contributed by atoms with Gasteiger partial charge in [0.25, 0.3) is 0 Å². The van der Waals surface area contributed by atoms with E-state index in [1.807, 2.05) is 0 Å². The first-order valence-corrected chi connectivity index (χ1v) is 8.02. The number of anilines is 1. The van der Waals surface area contributed by atoms with Crippen molar-refractivity contribution < 1.29 is 0 Å². The molecule has 0 aliphatic rings. The highest BCUT2D eigenvalue weighted by atomic mass is 79.9. The van der Waals surface area contributed by atoms with Crippen LogP contribution >= 0.6 is 15.9 Å². The first kappa shape index (κ1) is 15.1. The SMILES string of the molecule is CC(C)N(CCCc1ccccc1)c1cccc(Br)c1. The van der Waals surface area contributed by atoms with Gasteiger partial charge in [-0.05, 0) is 50.5 Å². The maximum atomic E-state index is 3.56. The monoisotopic (exact) mass is 331 g/mol. The lowest BCUT2D eigenvalue weighted by Crippen LogP contribution is -2.31. The zero-order chi connectivity index (χ0) is 14.4. The van der Waals surface area contributed by atoms with Crippen LogP contribution in [-0.2, 0) is 6.42 Å². The minimum absolute atomic E-state index is 0.514. The first-order chi connectivity index (χ1) is 9.66. The molecule has 0 saturated carbocycles. The van der Waals surface area contributed by atoms with Crippen LogP contribution in [0.25, 0.3) is 0 Å². The van der Waals surface area contributed by atoms with Gasteiger partial charge in [0.2, 0.25) is 0 Å². The summed E-state index contributed by atoms with van der Waals surface area (Å²) in [5.41, 5.74) is 2.72. The summed E-state index contributed by atoms with van der Waals surface area (Å²) in [4.78, 5) is 2.47. The molecule has 0 aliphatic carbocycles. The Kier molecular flexibility index (Phi) is 5.66. The number of halogens is 1. The minimum Gasteiger partial charge on any atom is -0.369 e. The lowest BCUT2D eigenvalue weighted by Gasteiger charge is -2.29. The van der Waals surface area contributed by atoms with E-state index < -0.39 is 0 Å². The molecular formula is C18H22BrN. The van der Waals surface area contributed by atoms with Crippen LogP contribution in [0.4, 0.5) is 5.69 Å². The molecule has 0 aromatic heterocycles. The third kappa shape index (κ3) is 4.38. The molecule has 1 nitrogen and oxygen atoms in total. The third-order valence-electron chi connectivity index (χ3n) is 3.47. The Morgan fingerprint density at radius 3 is 2.40 bits per heavy atom. The van der Waals surface area contributed by atoms with Crippen LogP contribution in [0.2, 0.25) is 0 Å². The second-order valence-electron chi connectivity index (χ2n) is 5.36. The fraction of sp³-hybridized carbons (Fsp3) is 0.333. The molecule has 2 aromatic rings. The molecule has 2 heteroatoms. The summed E-state index contributed by atoms with van der Waals surface area (Å²) in [6.45, 7) is 5.59. The molecule has 2 aromatic carbocycles. The van der Waals surface area contributed by atoms with Crippen LogP contribution < -0.4 is 4.90 Å². The van der Waals surface area contributed by atoms with E-state index in [9.17, 15) is 0 Å². The number of hydrogen-bond donors (Lipinski definition) is 0. The summed E-state index contributed by atoms with van der Waals surface area (Å²) in [5, 5.41) is 0. The maximum absolute atomic E-state index is 3.56. The molecule has 2 rings (SSSR count). The number of nitrogens with zero attached hydrogens (tertiary/aromatic N) is 1. The smallest absolute Gasteiger partial charge is 0.0379 e. The van der Waals surface area contributed by atoms with Gasteiger partial charge in [-0.25, -0.2) is 0 Å². The fourth-order valence-electron chi connectivity index (χ4n) is 2.44. The van der Waals surface area contributed by atoms with Gasteiger partial charge in [0.15, 0.2) is 0 Å². The van der Waals surface area contributed by atoms with E-state index in [-0.39, 0.29) is 0 Å². The van der Waals surface area contributed by atoms with Gasteiger partial charge in [-0.3, -0.25) is 0 Å². The van der Waals surface area contributed by atoms with Crippen LogP contribution in [0.3, 0.4) is 0 Å². The highest BCUT2D eigenvalue weighted by molar-refractivity contribution is 9.10. The second kappa shape index (κ2) is 7.49. The Bertz CT molecular complexity index is 522. The molecule has 0 spiro atoms. The van der Waals surface area contributed by atoms with Gasteiger partial charge in [-0.15, -0.1) is 0 Å². The predicted octanol–water partition coefficient (Wildman–Crippen LogP) is 5.30. The Labute approximate surface area is 130 Å². The van der Waals surface area contributed by atoms with Crippen molar-refractivity contribution in [3.05, 3.63) is 64.6 Å². The molecule has 0 saturated heterocycles. The highest BCUT2D eigenvalue weighted by Crippen LogP contribution is 2.22. The lowest BCUT2D eigenvalue weighted by molar-refractivity contribution is 0.652. The van der Waals surface area contributed by atoms with Crippen LogP contribution in [-0.4, -0.2) is 12.6 Å². The molecule has 0 unspecified atom stereocenters.